The van der Waals surface area contributed by atoms with E-state index >= 15 is 0 Å². The second-order valence-corrected chi connectivity index (χ2v) is 5.59. The predicted octanol–water partition coefficient (Wildman–Crippen LogP) is 3.43. The lowest BCUT2D eigenvalue weighted by Crippen LogP contribution is -2.07. The zero-order valence-electron chi connectivity index (χ0n) is 13.5. The van der Waals surface area contributed by atoms with E-state index in [9.17, 15) is 4.79 Å². The van der Waals surface area contributed by atoms with E-state index in [0.29, 0.717) is 17.2 Å². The molecule has 0 radical (unpaired) electrons. The van der Waals surface area contributed by atoms with Crippen molar-refractivity contribution >= 4 is 11.6 Å². The van der Waals surface area contributed by atoms with E-state index in [2.05, 4.69) is 21.8 Å². The first-order chi connectivity index (χ1) is 11.2. The molecule has 23 heavy (non-hydrogen) atoms. The monoisotopic (exact) mass is 315 g/mol. The molecule has 0 saturated heterocycles. The fourth-order valence-electron chi connectivity index (χ4n) is 2.70. The summed E-state index contributed by atoms with van der Waals surface area (Å²) in [6, 6.07) is 3.79. The van der Waals surface area contributed by atoms with Crippen molar-refractivity contribution in [3.8, 4) is 22.9 Å². The first-order valence-corrected chi connectivity index (χ1v) is 7.91. The van der Waals surface area contributed by atoms with Gasteiger partial charge in [-0.2, -0.15) is 0 Å². The minimum Gasteiger partial charge on any atom is -0.453 e. The Morgan fingerprint density at radius 3 is 3.00 bits per heavy atom. The molecule has 1 aromatic carbocycles. The average molecular weight is 315 g/mol. The van der Waals surface area contributed by atoms with Crippen LogP contribution in [0.1, 0.15) is 33.1 Å². The van der Waals surface area contributed by atoms with Crippen LogP contribution in [0.15, 0.2) is 24.5 Å². The fourth-order valence-corrected chi connectivity index (χ4v) is 2.70. The number of nitrogens with zero attached hydrogens (tertiary/aromatic N) is 2. The lowest BCUT2D eigenvalue weighted by Gasteiger charge is -2.11. The van der Waals surface area contributed by atoms with E-state index in [4.69, 9.17) is 9.47 Å². The number of carbonyl (C=O) groups excluding carboxylic acids is 1. The first-order valence-electron chi connectivity index (χ1n) is 7.91. The van der Waals surface area contributed by atoms with E-state index in [1.54, 1.807) is 6.20 Å². The van der Waals surface area contributed by atoms with Crippen molar-refractivity contribution in [2.75, 3.05) is 12.1 Å². The van der Waals surface area contributed by atoms with Gasteiger partial charge in [-0.15, -0.1) is 0 Å². The van der Waals surface area contributed by atoms with Gasteiger partial charge in [0.15, 0.2) is 11.5 Å². The number of anilines is 1. The molecule has 0 atom stereocenters. The summed E-state index contributed by atoms with van der Waals surface area (Å²) in [5.74, 6) is 1.93. The Hall–Kier alpha value is -2.50. The van der Waals surface area contributed by atoms with E-state index in [1.165, 1.54) is 19.8 Å². The van der Waals surface area contributed by atoms with Crippen LogP contribution in [0.25, 0.3) is 11.4 Å². The Bertz CT molecular complexity index is 709. The van der Waals surface area contributed by atoms with Crippen LogP contribution in [0.5, 0.6) is 11.5 Å². The number of aromatic nitrogens is 2. The lowest BCUT2D eigenvalue weighted by molar-refractivity contribution is -0.114. The topological polar surface area (TPSA) is 65.4 Å². The summed E-state index contributed by atoms with van der Waals surface area (Å²) in [6.45, 7) is 4.75. The molecule has 2 aromatic rings. The van der Waals surface area contributed by atoms with Gasteiger partial charge in [-0.05, 0) is 18.6 Å². The van der Waals surface area contributed by atoms with E-state index < -0.39 is 0 Å². The largest absolute Gasteiger partial charge is 0.453 e. The summed E-state index contributed by atoms with van der Waals surface area (Å²) in [7, 11) is 0. The number of ether oxygens (including phenoxy) is 2. The smallest absolute Gasteiger partial charge is 0.231 e. The average Bonchev–Trinajstić information content (AvgIpc) is 3.15. The molecule has 6 nitrogen and oxygen atoms in total. The molecular weight excluding hydrogens is 294 g/mol. The molecule has 0 spiro atoms. The quantitative estimate of drug-likeness (QED) is 0.829. The van der Waals surface area contributed by atoms with Crippen molar-refractivity contribution in [1.29, 1.82) is 0 Å². The highest BCUT2D eigenvalue weighted by Gasteiger charge is 2.21. The summed E-state index contributed by atoms with van der Waals surface area (Å²) in [5, 5.41) is 2.80. The molecule has 0 aliphatic carbocycles. The van der Waals surface area contributed by atoms with Crippen LogP contribution in [0.3, 0.4) is 0 Å². The molecular formula is C17H21N3O3. The Morgan fingerprint density at radius 2 is 2.22 bits per heavy atom. The van der Waals surface area contributed by atoms with Gasteiger partial charge in [-0.1, -0.05) is 19.8 Å². The highest BCUT2D eigenvalue weighted by molar-refractivity contribution is 5.92. The number of fused-ring (bicyclic) bond motifs is 1. The molecule has 1 N–H and O–H groups in total. The Balaban J connectivity index is 1.94. The van der Waals surface area contributed by atoms with Crippen molar-refractivity contribution in [3.05, 3.63) is 24.5 Å². The van der Waals surface area contributed by atoms with Crippen molar-refractivity contribution in [2.45, 2.75) is 39.7 Å². The highest BCUT2D eigenvalue weighted by Crippen LogP contribution is 2.42. The molecule has 0 unspecified atom stereocenters. The van der Waals surface area contributed by atoms with Gasteiger partial charge in [0.2, 0.25) is 12.7 Å². The molecule has 1 amide bonds. The maximum Gasteiger partial charge on any atom is 0.231 e. The molecule has 1 aromatic heterocycles. The van der Waals surface area contributed by atoms with Crippen molar-refractivity contribution in [3.63, 3.8) is 0 Å². The van der Waals surface area contributed by atoms with Crippen LogP contribution < -0.4 is 14.8 Å². The summed E-state index contributed by atoms with van der Waals surface area (Å²) >= 11 is 0. The van der Waals surface area contributed by atoms with Gasteiger partial charge < -0.3 is 19.4 Å². The van der Waals surface area contributed by atoms with Crippen LogP contribution >= 0.6 is 0 Å². The normalized spacial score (nSPS) is 12.4. The Labute approximate surface area is 135 Å². The number of unbranched alkanes of at least 4 members (excludes halogenated alkanes) is 2. The molecule has 1 aliphatic rings. The summed E-state index contributed by atoms with van der Waals surface area (Å²) in [4.78, 5) is 15.9. The zero-order valence-corrected chi connectivity index (χ0v) is 13.5. The molecule has 1 aliphatic heterocycles. The molecule has 2 heterocycles. The number of benzene rings is 1. The van der Waals surface area contributed by atoms with Crippen LogP contribution in [0.4, 0.5) is 5.69 Å². The van der Waals surface area contributed by atoms with Gasteiger partial charge in [0.1, 0.15) is 5.82 Å². The third kappa shape index (κ3) is 3.31. The van der Waals surface area contributed by atoms with Crippen molar-refractivity contribution in [2.24, 2.45) is 0 Å². The molecule has 0 fully saturated rings. The van der Waals surface area contributed by atoms with Crippen LogP contribution in [-0.2, 0) is 11.3 Å². The highest BCUT2D eigenvalue weighted by atomic mass is 16.7. The molecule has 0 saturated carbocycles. The Morgan fingerprint density at radius 1 is 1.35 bits per heavy atom. The van der Waals surface area contributed by atoms with Crippen LogP contribution in [-0.4, -0.2) is 22.3 Å². The van der Waals surface area contributed by atoms with Gasteiger partial charge in [0, 0.05) is 31.4 Å². The van der Waals surface area contributed by atoms with Crippen LogP contribution in [0, 0.1) is 0 Å². The summed E-state index contributed by atoms with van der Waals surface area (Å²) < 4.78 is 13.1. The number of amides is 1. The number of rotatable bonds is 6. The number of imidazole rings is 1. The Kier molecular flexibility index (Phi) is 4.50. The number of nitrogens with one attached hydrogen (secondary N) is 1. The second kappa shape index (κ2) is 6.73. The molecule has 6 heteroatoms. The van der Waals surface area contributed by atoms with E-state index in [0.717, 1.165) is 24.4 Å². The zero-order chi connectivity index (χ0) is 16.2. The predicted molar refractivity (Wildman–Crippen MR) is 87.6 cm³/mol. The number of aryl methyl sites for hydroxylation is 1. The van der Waals surface area contributed by atoms with E-state index in [1.807, 2.05) is 18.3 Å². The molecule has 0 bridgehead atoms. The summed E-state index contributed by atoms with van der Waals surface area (Å²) in [5.41, 5.74) is 1.52. The summed E-state index contributed by atoms with van der Waals surface area (Å²) in [6.07, 6.45) is 7.26. The maximum absolute atomic E-state index is 11.4. The van der Waals surface area contributed by atoms with Gasteiger partial charge in [-0.25, -0.2) is 4.98 Å². The van der Waals surface area contributed by atoms with E-state index in [-0.39, 0.29) is 12.7 Å². The van der Waals surface area contributed by atoms with Gasteiger partial charge in [-0.3, -0.25) is 4.79 Å². The number of hydrogen-bond acceptors (Lipinski definition) is 4. The third-order valence-corrected chi connectivity index (χ3v) is 3.76. The minimum atomic E-state index is -0.147. The minimum absolute atomic E-state index is 0.147. The van der Waals surface area contributed by atoms with Crippen molar-refractivity contribution < 1.29 is 14.3 Å². The number of carbonyl (C=O) groups is 1. The molecule has 122 valence electrons. The van der Waals surface area contributed by atoms with Crippen LogP contribution in [0.2, 0.25) is 0 Å². The fraction of sp³-hybridized carbons (Fsp3) is 0.412. The SMILES string of the molecule is CCCCCn1ccnc1-c1cc(NC(C)=O)c2c(c1)OCO2. The van der Waals surface area contributed by atoms with Gasteiger partial charge in [0.25, 0.3) is 0 Å². The number of hydrogen-bond donors (Lipinski definition) is 1. The maximum atomic E-state index is 11.4. The standard InChI is InChI=1S/C17H21N3O3/c1-3-4-5-7-20-8-6-18-17(20)13-9-14(19-12(2)21)16-15(10-13)22-11-23-16/h6,8-10H,3-5,7,11H2,1-2H3,(H,19,21). The van der Waals surface area contributed by atoms with Gasteiger partial charge >= 0.3 is 0 Å². The van der Waals surface area contributed by atoms with Crippen molar-refractivity contribution in [1.82, 2.24) is 9.55 Å². The third-order valence-electron chi connectivity index (χ3n) is 3.76. The first kappa shape index (κ1) is 15.4. The lowest BCUT2D eigenvalue weighted by atomic mass is 10.1. The molecule has 3 rings (SSSR count). The second-order valence-electron chi connectivity index (χ2n) is 5.59. The van der Waals surface area contributed by atoms with Gasteiger partial charge in [0.05, 0.1) is 5.69 Å².